The highest BCUT2D eigenvalue weighted by molar-refractivity contribution is 5.94. The predicted octanol–water partition coefficient (Wildman–Crippen LogP) is 0.333. The summed E-state index contributed by atoms with van der Waals surface area (Å²) in [6, 6.07) is 3.08. The molecule has 1 unspecified atom stereocenters. The number of carbonyl (C=O) groups is 3. The van der Waals surface area contributed by atoms with Gasteiger partial charge in [0.1, 0.15) is 0 Å². The zero-order chi connectivity index (χ0) is 14.5. The Bertz CT molecular complexity index is 497. The summed E-state index contributed by atoms with van der Waals surface area (Å²) in [5, 5.41) is 11.4. The van der Waals surface area contributed by atoms with Crippen molar-refractivity contribution in [1.82, 2.24) is 10.2 Å². The van der Waals surface area contributed by atoms with E-state index in [4.69, 9.17) is 9.52 Å². The molecule has 0 aromatic carbocycles. The number of amides is 2. The van der Waals surface area contributed by atoms with Crippen molar-refractivity contribution in [3.05, 3.63) is 24.2 Å². The molecule has 0 radical (unpaired) electrons. The Labute approximate surface area is 115 Å². The van der Waals surface area contributed by atoms with Crippen LogP contribution < -0.4 is 5.32 Å². The van der Waals surface area contributed by atoms with E-state index < -0.39 is 17.8 Å². The van der Waals surface area contributed by atoms with Crippen LogP contribution in [0, 0.1) is 5.92 Å². The molecule has 1 aliphatic rings. The molecule has 7 heteroatoms. The number of nitrogens with zero attached hydrogens (tertiary/aromatic N) is 1. The van der Waals surface area contributed by atoms with Crippen molar-refractivity contribution in [2.24, 2.45) is 5.92 Å². The number of likely N-dealkylation sites (tertiary alicyclic amines) is 1. The van der Waals surface area contributed by atoms with Gasteiger partial charge in [-0.05, 0) is 25.0 Å². The second-order valence-corrected chi connectivity index (χ2v) is 4.68. The second-order valence-electron chi connectivity index (χ2n) is 4.68. The molecule has 108 valence electrons. The first kappa shape index (κ1) is 14.1. The first-order valence-corrected chi connectivity index (χ1v) is 6.40. The summed E-state index contributed by atoms with van der Waals surface area (Å²) in [5.41, 5.74) is 0. The monoisotopic (exact) mass is 280 g/mol. The van der Waals surface area contributed by atoms with Crippen molar-refractivity contribution in [2.45, 2.75) is 12.8 Å². The molecule has 0 saturated carbocycles. The van der Waals surface area contributed by atoms with Gasteiger partial charge in [0.2, 0.25) is 5.91 Å². The molecule has 1 aromatic heterocycles. The van der Waals surface area contributed by atoms with Gasteiger partial charge in [-0.25, -0.2) is 0 Å². The van der Waals surface area contributed by atoms with Crippen LogP contribution in [0.4, 0.5) is 0 Å². The molecule has 0 spiro atoms. The van der Waals surface area contributed by atoms with Crippen molar-refractivity contribution in [2.75, 3.05) is 19.6 Å². The number of furan rings is 1. The molecular weight excluding hydrogens is 264 g/mol. The highest BCUT2D eigenvalue weighted by atomic mass is 16.4. The fourth-order valence-electron chi connectivity index (χ4n) is 2.17. The molecule has 0 aliphatic carbocycles. The minimum Gasteiger partial charge on any atom is -0.481 e. The van der Waals surface area contributed by atoms with E-state index in [-0.39, 0.29) is 24.8 Å². The maximum absolute atomic E-state index is 11.9. The fourth-order valence-corrected chi connectivity index (χ4v) is 2.17. The lowest BCUT2D eigenvalue weighted by molar-refractivity contribution is -0.145. The van der Waals surface area contributed by atoms with Crippen LogP contribution in [0.2, 0.25) is 0 Å². The third-order valence-electron chi connectivity index (χ3n) is 3.27. The van der Waals surface area contributed by atoms with Crippen molar-refractivity contribution in [3.63, 3.8) is 0 Å². The zero-order valence-corrected chi connectivity index (χ0v) is 10.9. The van der Waals surface area contributed by atoms with Crippen LogP contribution >= 0.6 is 0 Å². The lowest BCUT2D eigenvalue weighted by atomic mass is 9.98. The lowest BCUT2D eigenvalue weighted by Crippen LogP contribution is -2.46. The lowest BCUT2D eigenvalue weighted by Gasteiger charge is -2.30. The number of piperidine rings is 1. The van der Waals surface area contributed by atoms with Gasteiger partial charge in [-0.15, -0.1) is 0 Å². The van der Waals surface area contributed by atoms with E-state index in [2.05, 4.69) is 5.32 Å². The Morgan fingerprint density at radius 1 is 1.45 bits per heavy atom. The molecule has 0 bridgehead atoms. The number of carboxylic acids is 1. The summed E-state index contributed by atoms with van der Waals surface area (Å²) in [6.07, 6.45) is 2.62. The van der Waals surface area contributed by atoms with Gasteiger partial charge >= 0.3 is 5.97 Å². The first-order valence-electron chi connectivity index (χ1n) is 6.40. The normalized spacial score (nSPS) is 18.6. The molecule has 2 heterocycles. The van der Waals surface area contributed by atoms with Crippen LogP contribution in [-0.4, -0.2) is 47.4 Å². The number of rotatable bonds is 4. The van der Waals surface area contributed by atoms with Crippen molar-refractivity contribution in [3.8, 4) is 0 Å². The summed E-state index contributed by atoms with van der Waals surface area (Å²) >= 11 is 0. The van der Waals surface area contributed by atoms with Gasteiger partial charge in [0.15, 0.2) is 5.76 Å². The van der Waals surface area contributed by atoms with Gasteiger partial charge in [0.05, 0.1) is 18.7 Å². The predicted molar refractivity (Wildman–Crippen MR) is 68.0 cm³/mol. The molecule has 1 atom stereocenters. The van der Waals surface area contributed by atoms with Gasteiger partial charge in [-0.1, -0.05) is 0 Å². The van der Waals surface area contributed by atoms with E-state index in [0.29, 0.717) is 19.4 Å². The van der Waals surface area contributed by atoms with E-state index in [0.717, 1.165) is 0 Å². The Kier molecular flexibility index (Phi) is 4.39. The van der Waals surface area contributed by atoms with Crippen LogP contribution in [0.1, 0.15) is 23.4 Å². The summed E-state index contributed by atoms with van der Waals surface area (Å²) in [7, 11) is 0. The van der Waals surface area contributed by atoms with Gasteiger partial charge in [-0.2, -0.15) is 0 Å². The standard InChI is InChI=1S/C13H16N2O5/c16-11(7-14-12(17)10-4-2-6-20-10)15-5-1-3-9(8-15)13(18)19/h2,4,6,9H,1,3,5,7-8H2,(H,14,17)(H,18,19). The molecule has 1 fully saturated rings. The Morgan fingerprint density at radius 3 is 2.90 bits per heavy atom. The topological polar surface area (TPSA) is 99.9 Å². The number of aliphatic carboxylic acids is 1. The number of hydrogen-bond donors (Lipinski definition) is 2. The third kappa shape index (κ3) is 3.37. The van der Waals surface area contributed by atoms with Gasteiger partial charge < -0.3 is 19.7 Å². The van der Waals surface area contributed by atoms with E-state index >= 15 is 0 Å². The molecule has 1 aliphatic heterocycles. The summed E-state index contributed by atoms with van der Waals surface area (Å²) in [6.45, 7) is 0.565. The minimum atomic E-state index is -0.887. The zero-order valence-electron chi connectivity index (χ0n) is 10.9. The van der Waals surface area contributed by atoms with Crippen LogP contribution in [0.15, 0.2) is 22.8 Å². The average molecular weight is 280 g/mol. The molecule has 7 nitrogen and oxygen atoms in total. The Hall–Kier alpha value is -2.31. The minimum absolute atomic E-state index is 0.139. The van der Waals surface area contributed by atoms with E-state index in [1.54, 1.807) is 6.07 Å². The highest BCUT2D eigenvalue weighted by Crippen LogP contribution is 2.16. The van der Waals surface area contributed by atoms with Crippen molar-refractivity contribution < 1.29 is 23.9 Å². The highest BCUT2D eigenvalue weighted by Gasteiger charge is 2.28. The fraction of sp³-hybridized carbons (Fsp3) is 0.462. The third-order valence-corrected chi connectivity index (χ3v) is 3.27. The molecule has 1 saturated heterocycles. The number of nitrogens with one attached hydrogen (secondary N) is 1. The second kappa shape index (κ2) is 6.23. The summed E-state index contributed by atoms with van der Waals surface area (Å²) < 4.78 is 4.91. The Morgan fingerprint density at radius 2 is 2.25 bits per heavy atom. The van der Waals surface area contributed by atoms with Crippen LogP contribution in [0.3, 0.4) is 0 Å². The summed E-state index contributed by atoms with van der Waals surface area (Å²) in [5.74, 6) is -2.01. The van der Waals surface area contributed by atoms with E-state index in [1.807, 2.05) is 0 Å². The Balaban J connectivity index is 1.82. The molecular formula is C13H16N2O5. The molecule has 1 aromatic rings. The largest absolute Gasteiger partial charge is 0.481 e. The van der Waals surface area contributed by atoms with Gasteiger partial charge in [-0.3, -0.25) is 14.4 Å². The van der Waals surface area contributed by atoms with Crippen LogP contribution in [0.5, 0.6) is 0 Å². The maximum atomic E-state index is 11.9. The molecule has 20 heavy (non-hydrogen) atoms. The van der Waals surface area contributed by atoms with Gasteiger partial charge in [0, 0.05) is 13.1 Å². The quantitative estimate of drug-likeness (QED) is 0.828. The molecule has 2 rings (SSSR count). The summed E-state index contributed by atoms with van der Waals surface area (Å²) in [4.78, 5) is 35.9. The molecule has 2 N–H and O–H groups in total. The van der Waals surface area contributed by atoms with E-state index in [9.17, 15) is 14.4 Å². The smallest absolute Gasteiger partial charge is 0.308 e. The van der Waals surface area contributed by atoms with Crippen LogP contribution in [0.25, 0.3) is 0 Å². The van der Waals surface area contributed by atoms with Crippen molar-refractivity contribution in [1.29, 1.82) is 0 Å². The number of hydrogen-bond acceptors (Lipinski definition) is 4. The maximum Gasteiger partial charge on any atom is 0.308 e. The van der Waals surface area contributed by atoms with E-state index in [1.165, 1.54) is 17.2 Å². The number of carboxylic acid groups (broad SMARTS) is 1. The first-order chi connectivity index (χ1) is 9.58. The van der Waals surface area contributed by atoms with Gasteiger partial charge in [0.25, 0.3) is 5.91 Å². The van der Waals surface area contributed by atoms with Crippen LogP contribution in [-0.2, 0) is 9.59 Å². The van der Waals surface area contributed by atoms with Crippen molar-refractivity contribution >= 4 is 17.8 Å². The molecule has 2 amide bonds. The SMILES string of the molecule is O=C(NCC(=O)N1CCCC(C(=O)O)C1)c1ccco1. The number of carbonyl (C=O) groups excluding carboxylic acids is 2. The average Bonchev–Trinajstić information content (AvgIpc) is 2.98.